The summed E-state index contributed by atoms with van der Waals surface area (Å²) in [6.45, 7) is 6.13. The van der Waals surface area contributed by atoms with E-state index in [1.807, 2.05) is 45.0 Å². The number of carbonyl (C=O) groups is 1. The van der Waals surface area contributed by atoms with Crippen molar-refractivity contribution in [2.45, 2.75) is 39.3 Å². The molecule has 1 unspecified atom stereocenters. The van der Waals surface area contributed by atoms with Gasteiger partial charge in [0.25, 0.3) is 0 Å². The van der Waals surface area contributed by atoms with Gasteiger partial charge in [0.15, 0.2) is 0 Å². The fraction of sp³-hybridized carbons (Fsp3) is 0.467. The number of benzene rings is 1. The van der Waals surface area contributed by atoms with Gasteiger partial charge in [-0.3, -0.25) is 4.79 Å². The molecule has 0 aliphatic carbocycles. The second-order valence-electron chi connectivity index (χ2n) is 4.66. The second-order valence-corrected chi connectivity index (χ2v) is 4.66. The van der Waals surface area contributed by atoms with Crippen molar-refractivity contribution in [1.82, 2.24) is 5.32 Å². The highest BCUT2D eigenvalue weighted by atomic mass is 16.5. The van der Waals surface area contributed by atoms with E-state index in [2.05, 4.69) is 11.4 Å². The summed E-state index contributed by atoms with van der Waals surface area (Å²) < 4.78 is 5.31. The maximum atomic E-state index is 11.7. The zero-order chi connectivity index (χ0) is 14.3. The molecule has 1 aromatic rings. The zero-order valence-corrected chi connectivity index (χ0v) is 11.6. The van der Waals surface area contributed by atoms with Crippen LogP contribution in [0.1, 0.15) is 37.4 Å². The maximum absolute atomic E-state index is 11.7. The number of nitrogens with one attached hydrogen (secondary N) is 1. The maximum Gasteiger partial charge on any atom is 0.223 e. The molecular formula is C15H20N2O2. The number of nitriles is 1. The van der Waals surface area contributed by atoms with Crippen LogP contribution in [0.5, 0.6) is 0 Å². The van der Waals surface area contributed by atoms with Crippen LogP contribution in [0.15, 0.2) is 24.3 Å². The molecule has 1 amide bonds. The molecule has 0 saturated carbocycles. The van der Waals surface area contributed by atoms with Crippen LogP contribution >= 0.6 is 0 Å². The van der Waals surface area contributed by atoms with Gasteiger partial charge in [-0.1, -0.05) is 24.3 Å². The van der Waals surface area contributed by atoms with Crippen LogP contribution in [0.25, 0.3) is 0 Å². The van der Waals surface area contributed by atoms with Gasteiger partial charge in [-0.25, -0.2) is 0 Å². The molecule has 0 radical (unpaired) electrons. The molecule has 0 aromatic heterocycles. The quantitative estimate of drug-likeness (QED) is 0.854. The number of hydrogen-bond donors (Lipinski definition) is 1. The lowest BCUT2D eigenvalue weighted by Crippen LogP contribution is -2.29. The van der Waals surface area contributed by atoms with E-state index in [-0.39, 0.29) is 18.4 Å². The minimum atomic E-state index is -0.604. The van der Waals surface area contributed by atoms with E-state index in [9.17, 15) is 10.1 Å². The molecule has 0 bridgehead atoms. The van der Waals surface area contributed by atoms with Crippen LogP contribution in [0.4, 0.5) is 0 Å². The molecule has 0 aliphatic rings. The van der Waals surface area contributed by atoms with Crippen molar-refractivity contribution in [3.8, 4) is 6.07 Å². The Hall–Kier alpha value is -1.86. The first-order valence-electron chi connectivity index (χ1n) is 6.40. The first-order chi connectivity index (χ1) is 9.04. The monoisotopic (exact) mass is 260 g/mol. The van der Waals surface area contributed by atoms with E-state index in [4.69, 9.17) is 4.74 Å². The average molecular weight is 260 g/mol. The van der Waals surface area contributed by atoms with Crippen molar-refractivity contribution in [3.05, 3.63) is 35.4 Å². The Morgan fingerprint density at radius 1 is 1.42 bits per heavy atom. The first-order valence-corrected chi connectivity index (χ1v) is 6.40. The van der Waals surface area contributed by atoms with Gasteiger partial charge in [-0.15, -0.1) is 0 Å². The van der Waals surface area contributed by atoms with Gasteiger partial charge in [0.05, 0.1) is 25.2 Å². The highest BCUT2D eigenvalue weighted by Gasteiger charge is 2.15. The minimum absolute atomic E-state index is 0.107. The summed E-state index contributed by atoms with van der Waals surface area (Å²) in [7, 11) is 0. The fourth-order valence-corrected chi connectivity index (χ4v) is 1.71. The molecule has 4 heteroatoms. The zero-order valence-electron chi connectivity index (χ0n) is 11.6. The number of ether oxygens (including phenoxy) is 1. The van der Waals surface area contributed by atoms with Gasteiger partial charge in [0.2, 0.25) is 5.91 Å². The Morgan fingerprint density at radius 2 is 2.11 bits per heavy atom. The summed E-state index contributed by atoms with van der Waals surface area (Å²) in [6, 6.07) is 9.06. The molecular weight excluding hydrogens is 240 g/mol. The Bertz CT molecular complexity index is 463. The topological polar surface area (TPSA) is 62.1 Å². The van der Waals surface area contributed by atoms with E-state index in [0.717, 1.165) is 11.1 Å². The lowest BCUT2D eigenvalue weighted by atomic mass is 10.0. The van der Waals surface area contributed by atoms with Crippen molar-refractivity contribution >= 4 is 5.91 Å². The number of hydrogen-bond acceptors (Lipinski definition) is 3. The van der Waals surface area contributed by atoms with E-state index in [0.29, 0.717) is 6.61 Å². The molecule has 0 aliphatic heterocycles. The summed E-state index contributed by atoms with van der Waals surface area (Å²) in [5.74, 6) is -0.171. The third-order valence-electron chi connectivity index (χ3n) is 2.71. The SMILES string of the molecule is Cc1ccccc1C(C#N)NC(=O)CCOC(C)C. The number of nitrogens with zero attached hydrogens (tertiary/aromatic N) is 1. The Labute approximate surface area is 114 Å². The predicted molar refractivity (Wildman–Crippen MR) is 73.4 cm³/mol. The molecule has 1 atom stereocenters. The second kappa shape index (κ2) is 7.55. The van der Waals surface area contributed by atoms with E-state index in [1.165, 1.54) is 0 Å². The van der Waals surface area contributed by atoms with Crippen LogP contribution in [0.3, 0.4) is 0 Å². The van der Waals surface area contributed by atoms with Gasteiger partial charge >= 0.3 is 0 Å². The number of rotatable bonds is 6. The summed E-state index contributed by atoms with van der Waals surface area (Å²) >= 11 is 0. The molecule has 4 nitrogen and oxygen atoms in total. The average Bonchev–Trinajstić information content (AvgIpc) is 2.36. The lowest BCUT2D eigenvalue weighted by molar-refractivity contribution is -0.122. The molecule has 0 spiro atoms. The van der Waals surface area contributed by atoms with Crippen LogP contribution in [-0.2, 0) is 9.53 Å². The standard InChI is InChI=1S/C15H20N2O2/c1-11(2)19-9-8-15(18)17-14(10-16)13-7-5-4-6-12(13)3/h4-7,11,14H,8-9H2,1-3H3,(H,17,18). The largest absolute Gasteiger partial charge is 0.378 e. The van der Waals surface area contributed by atoms with Crippen molar-refractivity contribution in [2.75, 3.05) is 6.61 Å². The highest BCUT2D eigenvalue weighted by molar-refractivity contribution is 5.77. The van der Waals surface area contributed by atoms with E-state index in [1.54, 1.807) is 0 Å². The van der Waals surface area contributed by atoms with Crippen LogP contribution in [0, 0.1) is 18.3 Å². The molecule has 19 heavy (non-hydrogen) atoms. The summed E-state index contributed by atoms with van der Waals surface area (Å²) in [4.78, 5) is 11.7. The van der Waals surface area contributed by atoms with E-state index < -0.39 is 6.04 Å². The molecule has 1 N–H and O–H groups in total. The van der Waals surface area contributed by atoms with Crippen LogP contribution < -0.4 is 5.32 Å². The van der Waals surface area contributed by atoms with Gasteiger partial charge in [-0.2, -0.15) is 5.26 Å². The summed E-state index contributed by atoms with van der Waals surface area (Å²) in [5.41, 5.74) is 1.83. The normalized spacial score (nSPS) is 11.9. The number of amides is 1. The van der Waals surface area contributed by atoms with Crippen molar-refractivity contribution < 1.29 is 9.53 Å². The Kier molecular flexibility index (Phi) is 6.04. The first kappa shape index (κ1) is 15.2. The Balaban J connectivity index is 2.56. The van der Waals surface area contributed by atoms with Gasteiger partial charge in [-0.05, 0) is 31.9 Å². The number of carbonyl (C=O) groups excluding carboxylic acids is 1. The summed E-state index contributed by atoms with van der Waals surface area (Å²) in [6.07, 6.45) is 0.373. The molecule has 1 aromatic carbocycles. The number of aryl methyl sites for hydroxylation is 1. The van der Waals surface area contributed by atoms with Gasteiger partial charge < -0.3 is 10.1 Å². The molecule has 102 valence electrons. The third-order valence-corrected chi connectivity index (χ3v) is 2.71. The summed E-state index contributed by atoms with van der Waals surface area (Å²) in [5, 5.41) is 11.9. The van der Waals surface area contributed by atoms with Crippen molar-refractivity contribution in [1.29, 1.82) is 5.26 Å². The third kappa shape index (κ3) is 5.11. The molecule has 0 saturated heterocycles. The minimum Gasteiger partial charge on any atom is -0.378 e. The van der Waals surface area contributed by atoms with Crippen LogP contribution in [0.2, 0.25) is 0 Å². The highest BCUT2D eigenvalue weighted by Crippen LogP contribution is 2.16. The lowest BCUT2D eigenvalue weighted by Gasteiger charge is -2.14. The molecule has 0 heterocycles. The van der Waals surface area contributed by atoms with Gasteiger partial charge in [0, 0.05) is 0 Å². The van der Waals surface area contributed by atoms with Crippen LogP contribution in [-0.4, -0.2) is 18.6 Å². The Morgan fingerprint density at radius 3 is 2.68 bits per heavy atom. The molecule has 0 fully saturated rings. The molecule has 1 rings (SSSR count). The fourth-order valence-electron chi connectivity index (χ4n) is 1.71. The smallest absolute Gasteiger partial charge is 0.223 e. The predicted octanol–water partition coefficient (Wildman–Crippen LogP) is 2.49. The van der Waals surface area contributed by atoms with Gasteiger partial charge in [0.1, 0.15) is 6.04 Å². The van der Waals surface area contributed by atoms with E-state index >= 15 is 0 Å². The van der Waals surface area contributed by atoms with Crippen molar-refractivity contribution in [2.24, 2.45) is 0 Å². The van der Waals surface area contributed by atoms with Crippen molar-refractivity contribution in [3.63, 3.8) is 0 Å².